The summed E-state index contributed by atoms with van der Waals surface area (Å²) in [5, 5.41) is 8.97. The van der Waals surface area contributed by atoms with Crippen LogP contribution in [-0.4, -0.2) is 66.0 Å². The number of hydrogen-bond donors (Lipinski definition) is 4. The lowest BCUT2D eigenvalue weighted by Crippen LogP contribution is -2.35. The molecule has 2 aliphatic heterocycles. The first kappa shape index (κ1) is 27.4. The van der Waals surface area contributed by atoms with E-state index in [-0.39, 0.29) is 11.6 Å². The van der Waals surface area contributed by atoms with Gasteiger partial charge in [0.05, 0.1) is 16.8 Å². The van der Waals surface area contributed by atoms with Crippen LogP contribution < -0.4 is 20.7 Å². The number of anilines is 2. The van der Waals surface area contributed by atoms with Gasteiger partial charge in [-0.2, -0.15) is 0 Å². The molecule has 9 nitrogen and oxygen atoms in total. The molecular formula is C30H35FN6O3. The van der Waals surface area contributed by atoms with Gasteiger partial charge in [0.1, 0.15) is 18.1 Å². The zero-order valence-corrected chi connectivity index (χ0v) is 23.5. The number of aromatic nitrogens is 2. The molecule has 5 rings (SSSR count). The van der Waals surface area contributed by atoms with E-state index in [1.807, 2.05) is 20.8 Å². The molecule has 210 valence electrons. The number of benzene rings is 1. The average molecular weight is 547 g/mol. The van der Waals surface area contributed by atoms with Crippen LogP contribution in [0.25, 0.3) is 22.8 Å². The molecule has 2 aromatic heterocycles. The van der Waals surface area contributed by atoms with Gasteiger partial charge in [0, 0.05) is 48.3 Å². The van der Waals surface area contributed by atoms with E-state index in [0.717, 1.165) is 42.0 Å². The van der Waals surface area contributed by atoms with Crippen LogP contribution in [0.3, 0.4) is 0 Å². The van der Waals surface area contributed by atoms with Crippen molar-refractivity contribution in [2.24, 2.45) is 0 Å². The third kappa shape index (κ3) is 4.95. The van der Waals surface area contributed by atoms with E-state index in [0.29, 0.717) is 59.2 Å². The van der Waals surface area contributed by atoms with Crippen LogP contribution in [-0.2, 0) is 4.79 Å². The van der Waals surface area contributed by atoms with E-state index < -0.39 is 11.7 Å². The second-order valence-electron chi connectivity index (χ2n) is 10.1. The van der Waals surface area contributed by atoms with Crippen molar-refractivity contribution >= 4 is 34.8 Å². The first-order valence-electron chi connectivity index (χ1n) is 13.7. The highest BCUT2D eigenvalue weighted by Crippen LogP contribution is 2.41. The van der Waals surface area contributed by atoms with Crippen LogP contribution >= 0.6 is 0 Å². The van der Waals surface area contributed by atoms with Gasteiger partial charge in [0.2, 0.25) is 5.88 Å². The van der Waals surface area contributed by atoms with Crippen molar-refractivity contribution < 1.29 is 18.7 Å². The number of amides is 2. The zero-order chi connectivity index (χ0) is 28.6. The van der Waals surface area contributed by atoms with E-state index in [1.165, 1.54) is 6.07 Å². The predicted octanol–water partition coefficient (Wildman–Crippen LogP) is 4.51. The van der Waals surface area contributed by atoms with Gasteiger partial charge in [-0.1, -0.05) is 13.8 Å². The maximum atomic E-state index is 15.3. The van der Waals surface area contributed by atoms with Gasteiger partial charge < -0.3 is 30.6 Å². The lowest BCUT2D eigenvalue weighted by atomic mass is 9.96. The molecular weight excluding hydrogens is 511 g/mol. The number of pyridine rings is 1. The van der Waals surface area contributed by atoms with Crippen LogP contribution in [0.5, 0.6) is 5.88 Å². The number of aryl methyl sites for hydroxylation is 1. The monoisotopic (exact) mass is 546 g/mol. The number of nitrogens with one attached hydrogen (secondary N) is 4. The predicted molar refractivity (Wildman–Crippen MR) is 155 cm³/mol. The molecule has 3 aromatic rings. The van der Waals surface area contributed by atoms with E-state index >= 15 is 4.39 Å². The number of ether oxygens (including phenoxy) is 1. The molecule has 10 heteroatoms. The molecule has 0 aliphatic carbocycles. The minimum atomic E-state index is -0.529. The summed E-state index contributed by atoms with van der Waals surface area (Å²) >= 11 is 0. The first-order chi connectivity index (χ1) is 19.2. The number of carbonyl (C=O) groups is 2. The van der Waals surface area contributed by atoms with Gasteiger partial charge in [-0.15, -0.1) is 0 Å². The lowest BCUT2D eigenvalue weighted by molar-refractivity contribution is -0.110. The fraction of sp³-hybridized carbons (Fsp3) is 0.367. The fourth-order valence-electron chi connectivity index (χ4n) is 5.42. The minimum Gasteiger partial charge on any atom is -0.474 e. The van der Waals surface area contributed by atoms with Gasteiger partial charge >= 0.3 is 0 Å². The largest absolute Gasteiger partial charge is 0.474 e. The number of H-pyrrole nitrogens is 1. The van der Waals surface area contributed by atoms with Crippen molar-refractivity contribution in [1.82, 2.24) is 20.2 Å². The van der Waals surface area contributed by atoms with Gasteiger partial charge in [0.25, 0.3) is 11.8 Å². The van der Waals surface area contributed by atoms with Crippen molar-refractivity contribution in [3.63, 3.8) is 0 Å². The standard InChI is InChI=1S/C30H35FN6O3/c1-6-37(7-2)10-8-33-29(39)25-17(4)24(35-18(25)5)14-21-20-12-19(13-23(31)27(20)36-28(21)38)22-15-34-30-26(16(22)3)32-9-11-40-30/h12-15,32,35H,6-11H2,1-5H3,(H,33,39)(H,36,38). The Bertz CT molecular complexity index is 1520. The van der Waals surface area contributed by atoms with Crippen molar-refractivity contribution in [2.75, 3.05) is 50.0 Å². The molecule has 0 fully saturated rings. The number of aromatic amines is 1. The first-order valence-corrected chi connectivity index (χ1v) is 13.7. The normalized spacial score (nSPS) is 15.0. The molecule has 1 aromatic carbocycles. The summed E-state index contributed by atoms with van der Waals surface area (Å²) in [6, 6.07) is 3.21. The highest BCUT2D eigenvalue weighted by atomic mass is 19.1. The smallest absolute Gasteiger partial charge is 0.256 e. The fourth-order valence-corrected chi connectivity index (χ4v) is 5.42. The highest BCUT2D eigenvalue weighted by Gasteiger charge is 2.30. The number of halogens is 1. The summed E-state index contributed by atoms with van der Waals surface area (Å²) in [5.74, 6) is -0.575. The Morgan fingerprint density at radius 1 is 1.15 bits per heavy atom. The van der Waals surface area contributed by atoms with Crippen LogP contribution in [0.1, 0.15) is 52.3 Å². The Balaban J connectivity index is 1.47. The van der Waals surface area contributed by atoms with Crippen LogP contribution in [0, 0.1) is 26.6 Å². The zero-order valence-electron chi connectivity index (χ0n) is 23.5. The molecule has 0 atom stereocenters. The molecule has 0 saturated heterocycles. The molecule has 0 unspecified atom stereocenters. The van der Waals surface area contributed by atoms with E-state index in [9.17, 15) is 9.59 Å². The Morgan fingerprint density at radius 2 is 1.93 bits per heavy atom. The molecule has 2 amide bonds. The minimum absolute atomic E-state index is 0.139. The number of fused-ring (bicyclic) bond motifs is 2. The SMILES string of the molecule is CCN(CC)CCNC(=O)c1c(C)[nH]c(C=C2C(=O)Nc3c(F)cc(-c4cnc5c(c4C)NCCO5)cc32)c1C. The third-order valence-electron chi connectivity index (χ3n) is 7.72. The van der Waals surface area contributed by atoms with Gasteiger partial charge in [-0.3, -0.25) is 9.59 Å². The summed E-state index contributed by atoms with van der Waals surface area (Å²) in [4.78, 5) is 35.9. The van der Waals surface area contributed by atoms with Crippen LogP contribution in [0.15, 0.2) is 18.3 Å². The molecule has 2 aliphatic rings. The van der Waals surface area contributed by atoms with E-state index in [2.05, 4.69) is 44.7 Å². The quantitative estimate of drug-likeness (QED) is 0.310. The summed E-state index contributed by atoms with van der Waals surface area (Å²) in [5.41, 5.74) is 6.54. The summed E-state index contributed by atoms with van der Waals surface area (Å²) < 4.78 is 20.9. The number of likely N-dealkylation sites (N-methyl/N-ethyl adjacent to an activating group) is 1. The average Bonchev–Trinajstić information content (AvgIpc) is 3.41. The Hall–Kier alpha value is -4.18. The Kier molecular flexibility index (Phi) is 7.62. The number of hydrogen-bond acceptors (Lipinski definition) is 6. The molecule has 0 saturated carbocycles. The van der Waals surface area contributed by atoms with Crippen molar-refractivity contribution in [2.45, 2.75) is 34.6 Å². The topological polar surface area (TPSA) is 111 Å². The van der Waals surface area contributed by atoms with Crippen molar-refractivity contribution in [3.05, 3.63) is 57.8 Å². The Labute approximate surface area is 233 Å². The summed E-state index contributed by atoms with van der Waals surface area (Å²) in [6.07, 6.45) is 3.35. The van der Waals surface area contributed by atoms with Gasteiger partial charge in [-0.05, 0) is 68.8 Å². The lowest BCUT2D eigenvalue weighted by Gasteiger charge is -2.21. The van der Waals surface area contributed by atoms with Gasteiger partial charge in [0.15, 0.2) is 0 Å². The van der Waals surface area contributed by atoms with Gasteiger partial charge in [-0.25, -0.2) is 9.37 Å². The molecule has 4 heterocycles. The maximum absolute atomic E-state index is 15.3. The van der Waals surface area contributed by atoms with Crippen LogP contribution in [0.2, 0.25) is 0 Å². The number of rotatable bonds is 8. The molecule has 0 spiro atoms. The van der Waals surface area contributed by atoms with Crippen molar-refractivity contribution in [3.8, 4) is 17.0 Å². The highest BCUT2D eigenvalue weighted by molar-refractivity contribution is 6.35. The second-order valence-corrected chi connectivity index (χ2v) is 10.1. The summed E-state index contributed by atoms with van der Waals surface area (Å²) in [6.45, 7) is 14.1. The number of nitrogens with zero attached hydrogens (tertiary/aromatic N) is 2. The van der Waals surface area contributed by atoms with E-state index in [4.69, 9.17) is 4.74 Å². The van der Waals surface area contributed by atoms with E-state index in [1.54, 1.807) is 18.3 Å². The number of carbonyl (C=O) groups excluding carboxylic acids is 2. The molecule has 4 N–H and O–H groups in total. The third-order valence-corrected chi connectivity index (χ3v) is 7.72. The molecule has 0 radical (unpaired) electrons. The van der Waals surface area contributed by atoms with Crippen molar-refractivity contribution in [1.29, 1.82) is 0 Å². The molecule has 40 heavy (non-hydrogen) atoms. The summed E-state index contributed by atoms with van der Waals surface area (Å²) in [7, 11) is 0. The second kappa shape index (κ2) is 11.1. The van der Waals surface area contributed by atoms with Crippen LogP contribution in [0.4, 0.5) is 15.8 Å². The Morgan fingerprint density at radius 3 is 2.67 bits per heavy atom. The maximum Gasteiger partial charge on any atom is 0.256 e. The molecule has 0 bridgehead atoms.